The fourth-order valence-electron chi connectivity index (χ4n) is 5.84. The highest BCUT2D eigenvalue weighted by molar-refractivity contribution is 5.96. The zero-order valence-electron chi connectivity index (χ0n) is 35.1. The SMILES string of the molecule is C=C(C)C(=O)NCC(=O)NCC(=O)NCCCC[C@H](NC(=O)C1(OC(C)=O)C[C@H](OC(C)=O)C(OC(C)=O)[C@@H](OC(C)=O)C1)C(=O)N[C@@H](CCC(=O)OC(C)(C)C)C(=O)O. The molecule has 0 aliphatic heterocycles. The summed E-state index contributed by atoms with van der Waals surface area (Å²) in [5.41, 5.74) is -3.01. The van der Waals surface area contributed by atoms with Crippen LogP contribution in [0.4, 0.5) is 0 Å². The number of esters is 5. The van der Waals surface area contributed by atoms with Gasteiger partial charge in [-0.25, -0.2) is 4.79 Å². The van der Waals surface area contributed by atoms with Crippen LogP contribution in [0.15, 0.2) is 12.2 Å². The quantitative estimate of drug-likeness (QED) is 0.0334. The van der Waals surface area contributed by atoms with Crippen LogP contribution in [0.25, 0.3) is 0 Å². The summed E-state index contributed by atoms with van der Waals surface area (Å²) in [5.74, 6) is -9.89. The van der Waals surface area contributed by atoms with Gasteiger partial charge >= 0.3 is 35.8 Å². The third-order valence-electron chi connectivity index (χ3n) is 8.26. The van der Waals surface area contributed by atoms with E-state index < -0.39 is 146 Å². The van der Waals surface area contributed by atoms with Gasteiger partial charge in [-0.15, -0.1) is 0 Å². The molecule has 22 nitrogen and oxygen atoms in total. The van der Waals surface area contributed by atoms with E-state index in [1.54, 1.807) is 20.8 Å². The molecule has 0 spiro atoms. The van der Waals surface area contributed by atoms with Gasteiger partial charge in [0, 0.05) is 59.1 Å². The average molecular weight is 856 g/mol. The molecule has 0 saturated heterocycles. The van der Waals surface area contributed by atoms with E-state index >= 15 is 0 Å². The number of nitrogens with one attached hydrogen (secondary N) is 5. The van der Waals surface area contributed by atoms with Gasteiger partial charge in [0.1, 0.15) is 29.9 Å². The van der Waals surface area contributed by atoms with Crippen LogP contribution < -0.4 is 26.6 Å². The maximum Gasteiger partial charge on any atom is 0.326 e. The monoisotopic (exact) mass is 855 g/mol. The number of carboxylic acid groups (broad SMARTS) is 1. The van der Waals surface area contributed by atoms with Crippen LogP contribution in [-0.2, 0) is 76.4 Å². The lowest BCUT2D eigenvalue weighted by Crippen LogP contribution is -2.64. The Kier molecular flexibility index (Phi) is 20.9. The van der Waals surface area contributed by atoms with Gasteiger partial charge in [-0.2, -0.15) is 0 Å². The number of aliphatic carboxylic acids is 1. The van der Waals surface area contributed by atoms with Crippen molar-refractivity contribution < 1.29 is 81.5 Å². The fourth-order valence-corrected chi connectivity index (χ4v) is 5.84. The van der Waals surface area contributed by atoms with E-state index in [1.807, 2.05) is 0 Å². The van der Waals surface area contributed by atoms with E-state index in [2.05, 4.69) is 33.2 Å². The molecule has 22 heteroatoms. The number of hydrogen-bond acceptors (Lipinski definition) is 16. The van der Waals surface area contributed by atoms with Crippen molar-refractivity contribution in [3.63, 3.8) is 0 Å². The van der Waals surface area contributed by atoms with Crippen molar-refractivity contribution in [3.8, 4) is 0 Å². The first-order valence-corrected chi connectivity index (χ1v) is 19.0. The Morgan fingerprint density at radius 1 is 0.700 bits per heavy atom. The maximum absolute atomic E-state index is 14.3. The van der Waals surface area contributed by atoms with Gasteiger partial charge in [-0.1, -0.05) is 6.58 Å². The normalized spacial score (nSPS) is 19.4. The highest BCUT2D eigenvalue weighted by atomic mass is 16.6. The molecule has 0 aromatic carbocycles. The summed E-state index contributed by atoms with van der Waals surface area (Å²) in [6.45, 7) is 13.0. The lowest BCUT2D eigenvalue weighted by atomic mass is 9.78. The predicted octanol–water partition coefficient (Wildman–Crippen LogP) is -0.852. The van der Waals surface area contributed by atoms with Crippen LogP contribution in [0.3, 0.4) is 0 Å². The molecule has 1 aliphatic carbocycles. The van der Waals surface area contributed by atoms with Crippen LogP contribution in [0.2, 0.25) is 0 Å². The highest BCUT2D eigenvalue weighted by Crippen LogP contribution is 2.38. The zero-order valence-corrected chi connectivity index (χ0v) is 35.1. The van der Waals surface area contributed by atoms with E-state index in [-0.39, 0.29) is 31.4 Å². The molecule has 6 N–H and O–H groups in total. The lowest BCUT2D eigenvalue weighted by Gasteiger charge is -2.45. The number of rotatable bonds is 22. The highest BCUT2D eigenvalue weighted by Gasteiger charge is 2.57. The third-order valence-corrected chi connectivity index (χ3v) is 8.26. The number of carbonyl (C=O) groups excluding carboxylic acids is 10. The first-order chi connectivity index (χ1) is 27.7. The molecule has 60 heavy (non-hydrogen) atoms. The molecule has 0 radical (unpaired) electrons. The molecule has 1 aliphatic rings. The molecule has 0 heterocycles. The lowest BCUT2D eigenvalue weighted by molar-refractivity contribution is -0.215. The first kappa shape index (κ1) is 51.9. The van der Waals surface area contributed by atoms with E-state index in [0.29, 0.717) is 0 Å². The van der Waals surface area contributed by atoms with Crippen LogP contribution in [-0.4, -0.2) is 132 Å². The Labute approximate surface area is 346 Å². The van der Waals surface area contributed by atoms with Gasteiger partial charge in [0.2, 0.25) is 23.6 Å². The van der Waals surface area contributed by atoms with Crippen LogP contribution in [0.5, 0.6) is 0 Å². The summed E-state index contributed by atoms with van der Waals surface area (Å²) < 4.78 is 26.7. The first-order valence-electron chi connectivity index (χ1n) is 19.0. The van der Waals surface area contributed by atoms with Crippen molar-refractivity contribution in [1.82, 2.24) is 26.6 Å². The zero-order chi connectivity index (χ0) is 46.0. The Hall–Kier alpha value is -6.09. The molecule has 0 unspecified atom stereocenters. The second-order valence-corrected chi connectivity index (χ2v) is 15.0. The Balaban J connectivity index is 3.36. The Morgan fingerprint density at radius 3 is 1.72 bits per heavy atom. The van der Waals surface area contributed by atoms with E-state index in [9.17, 15) is 57.8 Å². The average Bonchev–Trinajstić information content (AvgIpc) is 3.10. The number of carboxylic acids is 1. The van der Waals surface area contributed by atoms with Crippen molar-refractivity contribution >= 4 is 65.4 Å². The summed E-state index contributed by atoms with van der Waals surface area (Å²) >= 11 is 0. The minimum absolute atomic E-state index is 0.0140. The van der Waals surface area contributed by atoms with Crippen molar-refractivity contribution in [2.24, 2.45) is 0 Å². The number of unbranched alkanes of at least 4 members (excludes halogenated alkanes) is 1. The van der Waals surface area contributed by atoms with Gasteiger partial charge in [0.25, 0.3) is 5.91 Å². The van der Waals surface area contributed by atoms with Crippen molar-refractivity contribution in [2.75, 3.05) is 19.6 Å². The summed E-state index contributed by atoms with van der Waals surface area (Å²) in [6, 6.07) is -3.21. The predicted molar refractivity (Wildman–Crippen MR) is 205 cm³/mol. The fraction of sp³-hybridized carbons (Fsp3) is 0.658. The van der Waals surface area contributed by atoms with Gasteiger partial charge in [-0.05, 0) is 53.4 Å². The molecular formula is C38H57N5O17. The van der Waals surface area contributed by atoms with Gasteiger partial charge in [0.15, 0.2) is 11.7 Å². The molecule has 1 rings (SSSR count). The molecule has 1 saturated carbocycles. The second kappa shape index (κ2) is 24.1. The number of carbonyl (C=O) groups is 11. The standard InChI is InChI=1S/C38H57N5O17/c1-20(2)33(51)41-19-30(49)40-18-29(48)39-15-11-10-12-25(34(52)42-26(35(53)54)13-14-31(50)60-37(7,8)9)43-36(55)38(59-24(6)47)16-27(56-21(3)44)32(58-23(5)46)28(17-38)57-22(4)45/h25-28,32H,1,10-19H2,2-9H3,(H,39,48)(H,40,49)(H,41,51)(H,42,52)(H,43,55)(H,53,54)/t25-,26-,27-,28-,32?,38?/m0/s1. The third kappa shape index (κ3) is 19.6. The number of hydrogen-bond donors (Lipinski definition) is 6. The summed E-state index contributed by atoms with van der Waals surface area (Å²) in [5, 5.41) is 21.9. The molecule has 1 fully saturated rings. The Bertz CT molecular complexity index is 1630. The van der Waals surface area contributed by atoms with Crippen molar-refractivity contribution in [3.05, 3.63) is 12.2 Å². The summed E-state index contributed by atoms with van der Waals surface area (Å²) in [6.07, 6.45) is -6.51. The molecule has 5 amide bonds. The molecule has 336 valence electrons. The number of amides is 5. The second-order valence-electron chi connectivity index (χ2n) is 15.0. The molecule has 0 aromatic rings. The minimum atomic E-state index is -2.32. The van der Waals surface area contributed by atoms with Gasteiger partial charge in [0.05, 0.1) is 13.1 Å². The molecule has 0 aromatic heterocycles. The topological polar surface area (TPSA) is 314 Å². The van der Waals surface area contributed by atoms with Crippen molar-refractivity contribution in [1.29, 1.82) is 0 Å². The van der Waals surface area contributed by atoms with Crippen molar-refractivity contribution in [2.45, 2.75) is 142 Å². The maximum atomic E-state index is 14.3. The largest absolute Gasteiger partial charge is 0.480 e. The van der Waals surface area contributed by atoms with Gasteiger partial charge in [-0.3, -0.25) is 47.9 Å². The number of ether oxygens (including phenoxy) is 5. The molecular weight excluding hydrogens is 798 g/mol. The molecule has 0 bridgehead atoms. The van der Waals surface area contributed by atoms with Crippen LogP contribution in [0.1, 0.15) is 100 Å². The van der Waals surface area contributed by atoms with E-state index in [4.69, 9.17) is 23.7 Å². The van der Waals surface area contributed by atoms with Crippen LogP contribution >= 0.6 is 0 Å². The molecule has 4 atom stereocenters. The summed E-state index contributed by atoms with van der Waals surface area (Å²) in [4.78, 5) is 137. The van der Waals surface area contributed by atoms with Crippen LogP contribution in [0, 0.1) is 0 Å². The summed E-state index contributed by atoms with van der Waals surface area (Å²) in [7, 11) is 0. The Morgan fingerprint density at radius 2 is 1.23 bits per heavy atom. The van der Waals surface area contributed by atoms with E-state index in [0.717, 1.165) is 27.7 Å². The van der Waals surface area contributed by atoms with E-state index in [1.165, 1.54) is 6.92 Å². The smallest absolute Gasteiger partial charge is 0.326 e. The van der Waals surface area contributed by atoms with Gasteiger partial charge < -0.3 is 55.4 Å². The minimum Gasteiger partial charge on any atom is -0.480 e.